The van der Waals surface area contributed by atoms with E-state index in [4.69, 9.17) is 0 Å². The molecule has 1 saturated heterocycles. The van der Waals surface area contributed by atoms with E-state index < -0.39 is 0 Å². The van der Waals surface area contributed by atoms with Crippen LogP contribution in [0.2, 0.25) is 0 Å². The summed E-state index contributed by atoms with van der Waals surface area (Å²) < 4.78 is 0.863. The minimum absolute atomic E-state index is 0.109. The third-order valence-corrected chi connectivity index (χ3v) is 4.93. The summed E-state index contributed by atoms with van der Waals surface area (Å²) in [4.78, 5) is 17.0. The zero-order valence-corrected chi connectivity index (χ0v) is 15.1. The van der Waals surface area contributed by atoms with Crippen LogP contribution < -0.4 is 4.90 Å². The monoisotopic (exact) mass is 372 g/mol. The number of amides is 1. The fraction of sp³-hybridized carbons (Fsp3) is 0.316. The standard InChI is InChI=1S/C19H21BrN2O/c1-14-11-15(2)13-16(12-14)21-7-9-22(10-8-21)19(23)17-5-3-4-6-18(17)20/h3-6,11-13H,7-10H2,1-2H3. The molecule has 1 amide bonds. The Morgan fingerprint density at radius 1 is 0.957 bits per heavy atom. The van der Waals surface area contributed by atoms with E-state index in [1.54, 1.807) is 0 Å². The Bertz CT molecular complexity index is 701. The van der Waals surface area contributed by atoms with E-state index in [1.165, 1.54) is 16.8 Å². The van der Waals surface area contributed by atoms with Gasteiger partial charge in [-0.05, 0) is 65.2 Å². The van der Waals surface area contributed by atoms with E-state index in [0.29, 0.717) is 0 Å². The Labute approximate surface area is 146 Å². The van der Waals surface area contributed by atoms with E-state index in [9.17, 15) is 4.79 Å². The summed E-state index contributed by atoms with van der Waals surface area (Å²) in [7, 11) is 0. The van der Waals surface area contributed by atoms with Crippen LogP contribution in [0.1, 0.15) is 21.5 Å². The van der Waals surface area contributed by atoms with Gasteiger partial charge < -0.3 is 9.80 Å². The van der Waals surface area contributed by atoms with Crippen molar-refractivity contribution in [1.82, 2.24) is 4.90 Å². The highest BCUT2D eigenvalue weighted by atomic mass is 79.9. The number of benzene rings is 2. The predicted octanol–water partition coefficient (Wildman–Crippen LogP) is 4.03. The largest absolute Gasteiger partial charge is 0.368 e. The minimum Gasteiger partial charge on any atom is -0.368 e. The topological polar surface area (TPSA) is 23.6 Å². The lowest BCUT2D eigenvalue weighted by Gasteiger charge is -2.36. The van der Waals surface area contributed by atoms with E-state index in [2.05, 4.69) is 52.9 Å². The number of hydrogen-bond acceptors (Lipinski definition) is 2. The maximum absolute atomic E-state index is 12.6. The predicted molar refractivity (Wildman–Crippen MR) is 98.2 cm³/mol. The maximum atomic E-state index is 12.6. The molecule has 3 rings (SSSR count). The van der Waals surface area contributed by atoms with E-state index in [1.807, 2.05) is 29.2 Å². The van der Waals surface area contributed by atoms with Gasteiger partial charge in [0.15, 0.2) is 0 Å². The molecule has 1 aliphatic rings. The van der Waals surface area contributed by atoms with Crippen LogP contribution in [0.3, 0.4) is 0 Å². The molecule has 0 saturated carbocycles. The molecule has 3 nitrogen and oxygen atoms in total. The molecule has 1 aliphatic heterocycles. The van der Waals surface area contributed by atoms with E-state index >= 15 is 0 Å². The van der Waals surface area contributed by atoms with Crippen molar-refractivity contribution in [3.05, 3.63) is 63.6 Å². The number of piperazine rings is 1. The SMILES string of the molecule is Cc1cc(C)cc(N2CCN(C(=O)c3ccccc3Br)CC2)c1. The van der Waals surface area contributed by atoms with Gasteiger partial charge in [0.25, 0.3) is 5.91 Å². The fourth-order valence-corrected chi connectivity index (χ4v) is 3.56. The third kappa shape index (κ3) is 3.58. The quantitative estimate of drug-likeness (QED) is 0.794. The van der Waals surface area contributed by atoms with E-state index in [0.717, 1.165) is 36.2 Å². The molecule has 1 fully saturated rings. The summed E-state index contributed by atoms with van der Waals surface area (Å²) in [5, 5.41) is 0. The van der Waals surface area contributed by atoms with Crippen LogP contribution in [-0.2, 0) is 0 Å². The van der Waals surface area contributed by atoms with Crippen molar-refractivity contribution in [2.24, 2.45) is 0 Å². The summed E-state index contributed by atoms with van der Waals surface area (Å²) >= 11 is 3.47. The summed E-state index contributed by atoms with van der Waals surface area (Å²) in [6.07, 6.45) is 0. The minimum atomic E-state index is 0.109. The Morgan fingerprint density at radius 2 is 1.57 bits per heavy atom. The van der Waals surface area contributed by atoms with E-state index in [-0.39, 0.29) is 5.91 Å². The molecule has 0 aromatic heterocycles. The second-order valence-corrected chi connectivity index (χ2v) is 6.96. The van der Waals surface area contributed by atoms with Gasteiger partial charge in [-0.15, -0.1) is 0 Å². The molecule has 2 aromatic rings. The molecular formula is C19H21BrN2O. The number of nitrogens with zero attached hydrogens (tertiary/aromatic N) is 2. The van der Waals surface area contributed by atoms with Gasteiger partial charge in [-0.25, -0.2) is 0 Å². The molecule has 0 N–H and O–H groups in total. The van der Waals surface area contributed by atoms with Crippen molar-refractivity contribution in [3.8, 4) is 0 Å². The lowest BCUT2D eigenvalue weighted by Crippen LogP contribution is -2.48. The number of hydrogen-bond donors (Lipinski definition) is 0. The molecule has 0 bridgehead atoms. The van der Waals surface area contributed by atoms with Crippen molar-refractivity contribution in [2.45, 2.75) is 13.8 Å². The van der Waals surface area contributed by atoms with Crippen molar-refractivity contribution in [2.75, 3.05) is 31.1 Å². The second-order valence-electron chi connectivity index (χ2n) is 6.11. The molecule has 0 radical (unpaired) electrons. The van der Waals surface area contributed by atoms with Gasteiger partial charge >= 0.3 is 0 Å². The first-order valence-corrected chi connectivity index (χ1v) is 8.71. The first kappa shape index (κ1) is 16.1. The van der Waals surface area contributed by atoms with Gasteiger partial charge in [0.05, 0.1) is 5.56 Å². The highest BCUT2D eigenvalue weighted by molar-refractivity contribution is 9.10. The molecule has 4 heteroatoms. The Morgan fingerprint density at radius 3 is 2.17 bits per heavy atom. The van der Waals surface area contributed by atoms with Gasteiger partial charge in [0.1, 0.15) is 0 Å². The number of anilines is 1. The van der Waals surface area contributed by atoms with Crippen molar-refractivity contribution in [3.63, 3.8) is 0 Å². The lowest BCUT2D eigenvalue weighted by atomic mass is 10.1. The molecule has 0 unspecified atom stereocenters. The van der Waals surface area contributed by atoms with Gasteiger partial charge in [-0.1, -0.05) is 18.2 Å². The summed E-state index contributed by atoms with van der Waals surface area (Å²) in [6.45, 7) is 7.52. The third-order valence-electron chi connectivity index (χ3n) is 4.24. The Hall–Kier alpha value is -1.81. The number of carbonyl (C=O) groups is 1. The normalized spacial score (nSPS) is 14.9. The zero-order chi connectivity index (χ0) is 16.4. The van der Waals surface area contributed by atoms with Crippen LogP contribution in [0.25, 0.3) is 0 Å². The van der Waals surface area contributed by atoms with Crippen molar-refractivity contribution < 1.29 is 4.79 Å². The lowest BCUT2D eigenvalue weighted by molar-refractivity contribution is 0.0746. The molecular weight excluding hydrogens is 352 g/mol. The second kappa shape index (κ2) is 6.75. The molecule has 23 heavy (non-hydrogen) atoms. The fourth-order valence-electron chi connectivity index (χ4n) is 3.11. The van der Waals surface area contributed by atoms with Crippen LogP contribution in [0.15, 0.2) is 46.9 Å². The Kier molecular flexibility index (Phi) is 4.71. The molecule has 0 aliphatic carbocycles. The number of halogens is 1. The van der Waals surface area contributed by atoms with Crippen LogP contribution in [-0.4, -0.2) is 37.0 Å². The van der Waals surface area contributed by atoms with Gasteiger partial charge in [0.2, 0.25) is 0 Å². The zero-order valence-electron chi connectivity index (χ0n) is 13.6. The number of aryl methyl sites for hydroxylation is 2. The summed E-state index contributed by atoms with van der Waals surface area (Å²) in [5.41, 5.74) is 4.57. The molecule has 0 spiro atoms. The number of rotatable bonds is 2. The maximum Gasteiger partial charge on any atom is 0.255 e. The van der Waals surface area contributed by atoms with Crippen LogP contribution in [0, 0.1) is 13.8 Å². The van der Waals surface area contributed by atoms with Crippen LogP contribution in [0.4, 0.5) is 5.69 Å². The van der Waals surface area contributed by atoms with Crippen molar-refractivity contribution in [1.29, 1.82) is 0 Å². The molecule has 0 atom stereocenters. The summed E-state index contributed by atoms with van der Waals surface area (Å²) in [5.74, 6) is 0.109. The molecule has 1 heterocycles. The molecule has 120 valence electrons. The van der Waals surface area contributed by atoms with Gasteiger partial charge in [-0.2, -0.15) is 0 Å². The number of carbonyl (C=O) groups excluding carboxylic acids is 1. The first-order chi connectivity index (χ1) is 11.0. The van der Waals surface area contributed by atoms with Crippen LogP contribution >= 0.6 is 15.9 Å². The van der Waals surface area contributed by atoms with Gasteiger partial charge in [0, 0.05) is 36.3 Å². The van der Waals surface area contributed by atoms with Gasteiger partial charge in [-0.3, -0.25) is 4.79 Å². The Balaban J connectivity index is 1.69. The first-order valence-electron chi connectivity index (χ1n) is 7.91. The summed E-state index contributed by atoms with van der Waals surface area (Å²) in [6, 6.07) is 14.3. The molecule has 2 aromatic carbocycles. The highest BCUT2D eigenvalue weighted by Crippen LogP contribution is 2.22. The van der Waals surface area contributed by atoms with Crippen LogP contribution in [0.5, 0.6) is 0 Å². The average molecular weight is 373 g/mol. The van der Waals surface area contributed by atoms with Crippen molar-refractivity contribution >= 4 is 27.5 Å². The smallest absolute Gasteiger partial charge is 0.255 e. The highest BCUT2D eigenvalue weighted by Gasteiger charge is 2.23. The average Bonchev–Trinajstić information content (AvgIpc) is 2.54.